The fourth-order valence-corrected chi connectivity index (χ4v) is 3.18. The van der Waals surface area contributed by atoms with Crippen molar-refractivity contribution in [2.24, 2.45) is 0 Å². The van der Waals surface area contributed by atoms with Gasteiger partial charge < -0.3 is 9.47 Å². The van der Waals surface area contributed by atoms with Gasteiger partial charge in [0.2, 0.25) is 0 Å². The number of aromatic nitrogens is 5. The second-order valence-corrected chi connectivity index (χ2v) is 6.96. The molecule has 4 aromatic rings. The molecule has 0 aliphatic carbocycles. The van der Waals surface area contributed by atoms with Gasteiger partial charge in [0.1, 0.15) is 11.4 Å². The van der Waals surface area contributed by atoms with Crippen molar-refractivity contribution in [3.05, 3.63) is 66.1 Å². The maximum atomic E-state index is 13.3. The summed E-state index contributed by atoms with van der Waals surface area (Å²) in [6.07, 6.45) is -8.48. The Labute approximate surface area is 188 Å². The average Bonchev–Trinajstić information content (AvgIpc) is 3.46. The van der Waals surface area contributed by atoms with Gasteiger partial charge in [-0.05, 0) is 42.5 Å². The third-order valence-corrected chi connectivity index (χ3v) is 4.82. The molecule has 4 rings (SSSR count). The van der Waals surface area contributed by atoms with Gasteiger partial charge in [-0.15, -0.1) is 5.10 Å². The van der Waals surface area contributed by atoms with Gasteiger partial charge in [0.15, 0.2) is 17.2 Å². The van der Waals surface area contributed by atoms with Crippen molar-refractivity contribution < 1.29 is 35.8 Å². The Morgan fingerprint density at radius 2 is 1.41 bits per heavy atom. The molecule has 2 heterocycles. The number of nitrogens with zero attached hydrogens (tertiary/aromatic N) is 5. The van der Waals surface area contributed by atoms with Crippen LogP contribution in [-0.4, -0.2) is 39.0 Å². The van der Waals surface area contributed by atoms with Crippen LogP contribution in [0.15, 0.2) is 54.7 Å². The first-order chi connectivity index (χ1) is 16.0. The Hall–Kier alpha value is -4.03. The summed E-state index contributed by atoms with van der Waals surface area (Å²) in [7, 11) is 2.99. The first kappa shape index (κ1) is 23.1. The maximum absolute atomic E-state index is 13.3. The minimum Gasteiger partial charge on any atom is -0.493 e. The van der Waals surface area contributed by atoms with Gasteiger partial charge in [0.25, 0.3) is 0 Å². The van der Waals surface area contributed by atoms with Crippen LogP contribution < -0.4 is 9.47 Å². The molecule has 2 aromatic heterocycles. The van der Waals surface area contributed by atoms with Crippen LogP contribution in [-0.2, 0) is 12.4 Å². The molecule has 0 saturated carbocycles. The third kappa shape index (κ3) is 4.40. The van der Waals surface area contributed by atoms with E-state index in [4.69, 9.17) is 9.47 Å². The summed E-state index contributed by atoms with van der Waals surface area (Å²) in [5.74, 6) is 1.01. The summed E-state index contributed by atoms with van der Waals surface area (Å²) in [5, 5.41) is 11.2. The van der Waals surface area contributed by atoms with Gasteiger partial charge >= 0.3 is 12.4 Å². The lowest BCUT2D eigenvalue weighted by atomic mass is 10.1. The molecule has 0 N–H and O–H groups in total. The zero-order valence-electron chi connectivity index (χ0n) is 17.5. The van der Waals surface area contributed by atoms with Crippen LogP contribution in [0.3, 0.4) is 0 Å². The van der Waals surface area contributed by atoms with Gasteiger partial charge in [-0.25, -0.2) is 9.36 Å². The van der Waals surface area contributed by atoms with Gasteiger partial charge in [-0.3, -0.25) is 0 Å². The number of hydrogen-bond acceptors (Lipinski definition) is 5. The summed E-state index contributed by atoms with van der Waals surface area (Å²) in [5.41, 5.74) is -1.81. The Balaban J connectivity index is 1.65. The van der Waals surface area contributed by atoms with Crippen molar-refractivity contribution >= 4 is 0 Å². The lowest BCUT2D eigenvalue weighted by molar-refractivity contribution is -0.143. The van der Waals surface area contributed by atoms with Gasteiger partial charge in [0.05, 0.1) is 31.8 Å². The van der Waals surface area contributed by atoms with Gasteiger partial charge in [-0.2, -0.15) is 31.4 Å². The highest BCUT2D eigenvalue weighted by Gasteiger charge is 2.42. The van der Waals surface area contributed by atoms with E-state index in [1.165, 1.54) is 43.2 Å². The van der Waals surface area contributed by atoms with Gasteiger partial charge in [-0.1, -0.05) is 5.21 Å². The Morgan fingerprint density at radius 1 is 0.765 bits per heavy atom. The van der Waals surface area contributed by atoms with Crippen LogP contribution in [0.4, 0.5) is 26.3 Å². The van der Waals surface area contributed by atoms with E-state index in [2.05, 4.69) is 15.4 Å². The third-order valence-electron chi connectivity index (χ3n) is 4.82. The summed E-state index contributed by atoms with van der Waals surface area (Å²) < 4.78 is 90.6. The highest BCUT2D eigenvalue weighted by molar-refractivity contribution is 5.63. The molecule has 0 amide bonds. The summed E-state index contributed by atoms with van der Waals surface area (Å²) >= 11 is 0. The molecule has 0 atom stereocenters. The van der Waals surface area contributed by atoms with Crippen LogP contribution in [0.5, 0.6) is 11.5 Å². The smallest absolute Gasteiger partial charge is 0.435 e. The number of halogens is 6. The zero-order chi connectivity index (χ0) is 24.7. The summed E-state index contributed by atoms with van der Waals surface area (Å²) in [4.78, 5) is 0. The molecule has 0 aliphatic rings. The molecular weight excluding hydrogens is 468 g/mol. The molecule has 178 valence electrons. The van der Waals surface area contributed by atoms with E-state index in [1.54, 1.807) is 24.4 Å². The van der Waals surface area contributed by atoms with Crippen molar-refractivity contribution in [2.75, 3.05) is 14.2 Å². The highest BCUT2D eigenvalue weighted by atomic mass is 19.4. The molecule has 0 unspecified atom stereocenters. The minimum absolute atomic E-state index is 0.0270. The lowest BCUT2D eigenvalue weighted by Crippen LogP contribution is -2.13. The van der Waals surface area contributed by atoms with Gasteiger partial charge in [0, 0.05) is 11.6 Å². The van der Waals surface area contributed by atoms with Crippen molar-refractivity contribution in [1.29, 1.82) is 0 Å². The second-order valence-electron chi connectivity index (χ2n) is 6.96. The van der Waals surface area contributed by atoms with Crippen LogP contribution in [0.25, 0.3) is 22.6 Å². The van der Waals surface area contributed by atoms with E-state index < -0.39 is 23.7 Å². The molecule has 0 spiro atoms. The van der Waals surface area contributed by atoms with Crippen molar-refractivity contribution in [2.45, 2.75) is 12.4 Å². The standard InChI is InChI=1S/C21H15F6N5O2/c1-33-16-8-3-12(9-17(16)34-2)15-11-31(30-28-15)13-4-6-14(7-5-13)32-19(21(25,26)27)10-18(29-32)20(22,23)24/h3-11H,1-2H3. The summed E-state index contributed by atoms with van der Waals surface area (Å²) in [6, 6.07) is 10.3. The fourth-order valence-electron chi connectivity index (χ4n) is 3.18. The van der Waals surface area contributed by atoms with E-state index in [-0.39, 0.29) is 16.4 Å². The predicted octanol–water partition coefficient (Wildman–Crippen LogP) is 5.17. The molecular formula is C21H15F6N5O2. The quantitative estimate of drug-likeness (QED) is 0.366. The van der Waals surface area contributed by atoms with Crippen LogP contribution in [0.1, 0.15) is 11.4 Å². The number of hydrogen-bond donors (Lipinski definition) is 0. The number of ether oxygens (including phenoxy) is 2. The topological polar surface area (TPSA) is 67.0 Å². The number of rotatable bonds is 5. The normalized spacial score (nSPS) is 12.1. The summed E-state index contributed by atoms with van der Waals surface area (Å²) in [6.45, 7) is 0. The first-order valence-electron chi connectivity index (χ1n) is 9.51. The van der Waals surface area contributed by atoms with Crippen LogP contribution in [0.2, 0.25) is 0 Å². The molecule has 0 radical (unpaired) electrons. The van der Waals surface area contributed by atoms with E-state index in [9.17, 15) is 26.3 Å². The van der Waals surface area contributed by atoms with E-state index in [0.717, 1.165) is 0 Å². The number of alkyl halides is 6. The number of methoxy groups -OCH3 is 2. The maximum Gasteiger partial charge on any atom is 0.435 e. The van der Waals surface area contributed by atoms with Crippen molar-refractivity contribution in [1.82, 2.24) is 24.8 Å². The Kier molecular flexibility index (Phi) is 5.71. The predicted molar refractivity (Wildman–Crippen MR) is 107 cm³/mol. The lowest BCUT2D eigenvalue weighted by Gasteiger charge is -2.10. The molecule has 2 aromatic carbocycles. The molecule has 0 fully saturated rings. The highest BCUT2D eigenvalue weighted by Crippen LogP contribution is 2.36. The Bertz CT molecular complexity index is 1310. The minimum atomic E-state index is -5.03. The molecule has 0 saturated heterocycles. The zero-order valence-corrected chi connectivity index (χ0v) is 17.5. The van der Waals surface area contributed by atoms with Crippen molar-refractivity contribution in [3.63, 3.8) is 0 Å². The molecule has 0 bridgehead atoms. The monoisotopic (exact) mass is 483 g/mol. The Morgan fingerprint density at radius 3 is 2.00 bits per heavy atom. The van der Waals surface area contributed by atoms with E-state index >= 15 is 0 Å². The average molecular weight is 483 g/mol. The van der Waals surface area contributed by atoms with Crippen LogP contribution in [0, 0.1) is 0 Å². The largest absolute Gasteiger partial charge is 0.493 e. The van der Waals surface area contributed by atoms with Crippen LogP contribution >= 0.6 is 0 Å². The second kappa shape index (κ2) is 8.39. The fraction of sp³-hybridized carbons (Fsp3) is 0.190. The van der Waals surface area contributed by atoms with Crippen molar-refractivity contribution in [3.8, 4) is 34.1 Å². The van der Waals surface area contributed by atoms with E-state index in [0.29, 0.717) is 28.4 Å². The molecule has 7 nitrogen and oxygen atoms in total. The first-order valence-corrected chi connectivity index (χ1v) is 9.51. The number of benzene rings is 2. The molecule has 0 aliphatic heterocycles. The SMILES string of the molecule is COc1ccc(-c2cn(-c3ccc(-n4nc(C(F)(F)F)cc4C(F)(F)F)cc3)nn2)cc1OC. The molecule has 13 heteroatoms. The van der Waals surface area contributed by atoms with E-state index in [1.807, 2.05) is 0 Å². The molecule has 34 heavy (non-hydrogen) atoms.